The summed E-state index contributed by atoms with van der Waals surface area (Å²) in [6, 6.07) is 71.1. The Bertz CT molecular complexity index is 3150. The monoisotopic (exact) mass is 703 g/mol. The van der Waals surface area contributed by atoms with E-state index in [1.54, 1.807) is 0 Å². The number of rotatable bonds is 6. The summed E-state index contributed by atoms with van der Waals surface area (Å²) >= 11 is 0. The molecule has 0 saturated carbocycles. The highest BCUT2D eigenvalue weighted by atomic mass is 16.3. The SMILES string of the molecule is c1ccc(-c2cc(-c3ccccc3)cc(N(c3ccc4oc5ccc(-c6cccc7c6oc6ccccc67)cc5c4c3)c3cccc4ccccc34)c2)cc1. The molecule has 0 saturated heterocycles. The molecule has 0 amide bonds. The summed E-state index contributed by atoms with van der Waals surface area (Å²) in [5.74, 6) is 0. The number of benzene rings is 9. The maximum absolute atomic E-state index is 6.51. The van der Waals surface area contributed by atoms with Crippen LogP contribution in [0.4, 0.5) is 17.1 Å². The van der Waals surface area contributed by atoms with E-state index in [0.717, 1.165) is 83.2 Å². The first-order chi connectivity index (χ1) is 27.2. The molecule has 0 fully saturated rings. The molecule has 11 rings (SSSR count). The smallest absolute Gasteiger partial charge is 0.143 e. The average Bonchev–Trinajstić information content (AvgIpc) is 3.82. The van der Waals surface area contributed by atoms with Gasteiger partial charge in [-0.3, -0.25) is 0 Å². The van der Waals surface area contributed by atoms with Crippen molar-refractivity contribution >= 4 is 71.7 Å². The molecule has 0 bridgehead atoms. The summed E-state index contributed by atoms with van der Waals surface area (Å²) in [5.41, 5.74) is 13.5. The van der Waals surface area contributed by atoms with Gasteiger partial charge in [-0.2, -0.15) is 0 Å². The minimum Gasteiger partial charge on any atom is -0.456 e. The molecule has 3 nitrogen and oxygen atoms in total. The van der Waals surface area contributed by atoms with E-state index in [4.69, 9.17) is 8.83 Å². The average molecular weight is 704 g/mol. The molecule has 0 aliphatic carbocycles. The predicted molar refractivity (Wildman–Crippen MR) is 229 cm³/mol. The van der Waals surface area contributed by atoms with Gasteiger partial charge in [0.15, 0.2) is 0 Å². The van der Waals surface area contributed by atoms with E-state index in [1.165, 1.54) is 21.9 Å². The van der Waals surface area contributed by atoms with E-state index < -0.39 is 0 Å². The largest absolute Gasteiger partial charge is 0.456 e. The molecule has 11 aromatic rings. The number of anilines is 3. The van der Waals surface area contributed by atoms with Crippen molar-refractivity contribution in [3.05, 3.63) is 200 Å². The van der Waals surface area contributed by atoms with Crippen molar-refractivity contribution in [2.75, 3.05) is 4.90 Å². The van der Waals surface area contributed by atoms with Crippen LogP contribution in [0.3, 0.4) is 0 Å². The van der Waals surface area contributed by atoms with Crippen LogP contribution in [0.5, 0.6) is 0 Å². The highest BCUT2D eigenvalue weighted by Crippen LogP contribution is 2.45. The standard InChI is InChI=1S/C52H33NO2/c1-3-13-34(14-4-1)38-29-39(35-15-5-2-6-16-35)31-41(30-38)53(48-23-11-18-36-17-7-8-19-42(36)48)40-26-28-51-47(33-40)46-32-37(25-27-50(46)54-51)43-21-12-22-45-44-20-9-10-24-49(44)55-52(43)45/h1-33H. The van der Waals surface area contributed by atoms with Crippen LogP contribution in [0.25, 0.3) is 88.0 Å². The van der Waals surface area contributed by atoms with Crippen LogP contribution in [0.15, 0.2) is 209 Å². The lowest BCUT2D eigenvalue weighted by atomic mass is 9.96. The fourth-order valence-corrected chi connectivity index (χ4v) is 8.21. The molecule has 55 heavy (non-hydrogen) atoms. The lowest BCUT2D eigenvalue weighted by Crippen LogP contribution is -2.11. The van der Waals surface area contributed by atoms with Gasteiger partial charge in [0.25, 0.3) is 0 Å². The maximum atomic E-state index is 6.51. The maximum Gasteiger partial charge on any atom is 0.143 e. The topological polar surface area (TPSA) is 29.5 Å². The second-order valence-electron chi connectivity index (χ2n) is 14.1. The molecular formula is C52H33NO2. The van der Waals surface area contributed by atoms with Gasteiger partial charge >= 0.3 is 0 Å². The minimum absolute atomic E-state index is 0.846. The fourth-order valence-electron chi connectivity index (χ4n) is 8.21. The summed E-state index contributed by atoms with van der Waals surface area (Å²) in [6.45, 7) is 0. The first-order valence-electron chi connectivity index (χ1n) is 18.7. The molecule has 0 N–H and O–H groups in total. The third-order valence-corrected chi connectivity index (χ3v) is 10.8. The van der Waals surface area contributed by atoms with Crippen LogP contribution >= 0.6 is 0 Å². The van der Waals surface area contributed by atoms with Crippen molar-refractivity contribution in [3.63, 3.8) is 0 Å². The third kappa shape index (κ3) is 5.28. The van der Waals surface area contributed by atoms with Gasteiger partial charge in [-0.1, -0.05) is 140 Å². The minimum atomic E-state index is 0.846. The van der Waals surface area contributed by atoms with E-state index in [2.05, 4.69) is 193 Å². The highest BCUT2D eigenvalue weighted by Gasteiger charge is 2.20. The molecule has 3 heteroatoms. The van der Waals surface area contributed by atoms with E-state index in [-0.39, 0.29) is 0 Å². The van der Waals surface area contributed by atoms with E-state index in [0.29, 0.717) is 0 Å². The normalized spacial score (nSPS) is 11.6. The molecule has 0 aliphatic rings. The third-order valence-electron chi connectivity index (χ3n) is 10.8. The Morgan fingerprint density at radius 2 is 0.909 bits per heavy atom. The zero-order chi connectivity index (χ0) is 36.3. The van der Waals surface area contributed by atoms with Gasteiger partial charge in [0.2, 0.25) is 0 Å². The number of nitrogens with zero attached hydrogens (tertiary/aromatic N) is 1. The molecule has 258 valence electrons. The first kappa shape index (κ1) is 31.2. The quantitative estimate of drug-likeness (QED) is 0.173. The van der Waals surface area contributed by atoms with Gasteiger partial charge in [-0.25, -0.2) is 0 Å². The Labute approximate surface area is 317 Å². The number of hydrogen-bond donors (Lipinski definition) is 0. The lowest BCUT2D eigenvalue weighted by Gasteiger charge is -2.28. The van der Waals surface area contributed by atoms with Gasteiger partial charge in [0, 0.05) is 43.9 Å². The highest BCUT2D eigenvalue weighted by molar-refractivity contribution is 6.12. The van der Waals surface area contributed by atoms with Gasteiger partial charge < -0.3 is 13.7 Å². The summed E-state index contributed by atoms with van der Waals surface area (Å²) in [4.78, 5) is 2.40. The second-order valence-corrected chi connectivity index (χ2v) is 14.1. The van der Waals surface area contributed by atoms with Crippen molar-refractivity contribution in [1.29, 1.82) is 0 Å². The number of fused-ring (bicyclic) bond motifs is 7. The van der Waals surface area contributed by atoms with Gasteiger partial charge in [0.05, 0.1) is 5.69 Å². The van der Waals surface area contributed by atoms with Crippen LogP contribution in [0.1, 0.15) is 0 Å². The van der Waals surface area contributed by atoms with Crippen molar-refractivity contribution in [3.8, 4) is 33.4 Å². The van der Waals surface area contributed by atoms with Crippen molar-refractivity contribution in [2.45, 2.75) is 0 Å². The van der Waals surface area contributed by atoms with Crippen molar-refractivity contribution in [1.82, 2.24) is 0 Å². The molecule has 2 heterocycles. The van der Waals surface area contributed by atoms with Crippen molar-refractivity contribution in [2.24, 2.45) is 0 Å². The summed E-state index contributed by atoms with van der Waals surface area (Å²) in [6.07, 6.45) is 0. The van der Waals surface area contributed by atoms with Crippen molar-refractivity contribution < 1.29 is 8.83 Å². The predicted octanol–water partition coefficient (Wildman–Crippen LogP) is 15.1. The summed E-state index contributed by atoms with van der Waals surface area (Å²) < 4.78 is 13.0. The number of hydrogen-bond acceptors (Lipinski definition) is 3. The zero-order valence-electron chi connectivity index (χ0n) is 29.8. The Morgan fingerprint density at radius 3 is 1.69 bits per heavy atom. The molecule has 2 aromatic heterocycles. The van der Waals surface area contributed by atoms with Gasteiger partial charge in [-0.05, 0) is 93.9 Å². The molecular weight excluding hydrogens is 671 g/mol. The second kappa shape index (κ2) is 12.6. The molecule has 0 radical (unpaired) electrons. The molecule has 0 aliphatic heterocycles. The Balaban J connectivity index is 1.14. The Morgan fingerprint density at radius 1 is 0.309 bits per heavy atom. The van der Waals surface area contributed by atoms with E-state index in [1.807, 2.05) is 12.1 Å². The molecule has 0 unspecified atom stereocenters. The molecule has 0 spiro atoms. The lowest BCUT2D eigenvalue weighted by molar-refractivity contribution is 0.668. The Kier molecular flexibility index (Phi) is 7.17. The number of furan rings is 2. The summed E-state index contributed by atoms with van der Waals surface area (Å²) in [7, 11) is 0. The van der Waals surface area contributed by atoms with Crippen LogP contribution < -0.4 is 4.90 Å². The summed E-state index contributed by atoms with van der Waals surface area (Å²) in [5, 5.41) is 6.72. The Hall–Kier alpha value is -7.36. The van der Waals surface area contributed by atoms with E-state index in [9.17, 15) is 0 Å². The molecule has 9 aromatic carbocycles. The van der Waals surface area contributed by atoms with Gasteiger partial charge in [0.1, 0.15) is 22.3 Å². The van der Waals surface area contributed by atoms with E-state index >= 15 is 0 Å². The van der Waals surface area contributed by atoms with Crippen LogP contribution in [-0.4, -0.2) is 0 Å². The fraction of sp³-hybridized carbons (Fsp3) is 0. The first-order valence-corrected chi connectivity index (χ1v) is 18.7. The molecule has 0 atom stereocenters. The number of para-hydroxylation sites is 2. The van der Waals surface area contributed by atoms with Crippen LogP contribution in [0, 0.1) is 0 Å². The van der Waals surface area contributed by atoms with Crippen LogP contribution in [-0.2, 0) is 0 Å². The van der Waals surface area contributed by atoms with Crippen LogP contribution in [0.2, 0.25) is 0 Å². The van der Waals surface area contributed by atoms with Gasteiger partial charge in [-0.15, -0.1) is 0 Å². The zero-order valence-corrected chi connectivity index (χ0v) is 29.8.